The van der Waals surface area contributed by atoms with E-state index in [0.717, 1.165) is 12.5 Å². The summed E-state index contributed by atoms with van der Waals surface area (Å²) < 4.78 is 65.5. The Morgan fingerprint density at radius 3 is 2.66 bits per heavy atom. The van der Waals surface area contributed by atoms with E-state index in [0.29, 0.717) is 24.4 Å². The average Bonchev–Trinajstić information content (AvgIpc) is 3.47. The summed E-state index contributed by atoms with van der Waals surface area (Å²) >= 11 is 0. The summed E-state index contributed by atoms with van der Waals surface area (Å²) in [5, 5.41) is 1.42. The number of aromatic nitrogens is 1. The van der Waals surface area contributed by atoms with E-state index in [1.807, 2.05) is 0 Å². The molecule has 3 aliphatic rings. The Kier molecular flexibility index (Phi) is 6.03. The molecule has 0 amide bonds. The number of pyridine rings is 1. The van der Waals surface area contributed by atoms with Crippen molar-refractivity contribution in [2.45, 2.75) is 31.8 Å². The Labute approximate surface area is 198 Å². The number of benzene rings is 1. The van der Waals surface area contributed by atoms with Crippen molar-refractivity contribution in [3.8, 4) is 0 Å². The molecule has 1 saturated heterocycles. The van der Waals surface area contributed by atoms with Crippen LogP contribution >= 0.6 is 0 Å². The zero-order chi connectivity index (χ0) is 24.7. The molecule has 3 aliphatic heterocycles. The Balaban J connectivity index is 1.62. The second kappa shape index (κ2) is 9.02. The van der Waals surface area contributed by atoms with Gasteiger partial charge in [-0.25, -0.2) is 24.4 Å². The van der Waals surface area contributed by atoms with Crippen molar-refractivity contribution >= 4 is 23.1 Å². The highest BCUT2D eigenvalue weighted by Crippen LogP contribution is 2.37. The lowest BCUT2D eigenvalue weighted by Gasteiger charge is -2.28. The Hall–Kier alpha value is -3.35. The fraction of sp³-hybridized carbons (Fsp3) is 0.348. The Bertz CT molecular complexity index is 1220. The number of hydrogen-bond donors (Lipinski definition) is 2. The molecule has 1 fully saturated rings. The van der Waals surface area contributed by atoms with E-state index in [9.17, 15) is 17.6 Å². The minimum atomic E-state index is -4.65. The minimum Gasteiger partial charge on any atom is -0.379 e. The number of fused-ring (bicyclic) bond motifs is 1. The van der Waals surface area contributed by atoms with Gasteiger partial charge in [0.15, 0.2) is 5.84 Å². The third-order valence-corrected chi connectivity index (χ3v) is 5.71. The van der Waals surface area contributed by atoms with Crippen LogP contribution < -0.4 is 11.2 Å². The van der Waals surface area contributed by atoms with Gasteiger partial charge in [0.1, 0.15) is 17.7 Å². The summed E-state index contributed by atoms with van der Waals surface area (Å²) in [5.41, 5.74) is 9.66. The number of nitrogens with two attached hydrogens (primary N) is 1. The molecule has 0 radical (unpaired) electrons. The second-order valence-electron chi connectivity index (χ2n) is 8.33. The SMILES string of the molecule is Cc1cc(C2=C(c3ccc(F)cc3)N=C(N)N3NC(COC4CCOC4)N=C23)cc(C(F)(F)F)n1. The van der Waals surface area contributed by atoms with E-state index in [-0.39, 0.29) is 41.5 Å². The van der Waals surface area contributed by atoms with Crippen LogP contribution in [0.2, 0.25) is 0 Å². The van der Waals surface area contributed by atoms with Crippen molar-refractivity contribution in [2.75, 3.05) is 19.8 Å². The van der Waals surface area contributed by atoms with Crippen molar-refractivity contribution in [1.29, 1.82) is 0 Å². The predicted octanol–water partition coefficient (Wildman–Crippen LogP) is 3.09. The summed E-state index contributed by atoms with van der Waals surface area (Å²) in [5.74, 6) is -0.135. The molecule has 1 aromatic carbocycles. The molecular weight excluding hydrogens is 468 g/mol. The zero-order valence-corrected chi connectivity index (χ0v) is 18.6. The number of hydrogen-bond acceptors (Lipinski definition) is 8. The van der Waals surface area contributed by atoms with Gasteiger partial charge in [0.05, 0.1) is 30.6 Å². The van der Waals surface area contributed by atoms with Gasteiger partial charge in [0.25, 0.3) is 0 Å². The second-order valence-corrected chi connectivity index (χ2v) is 8.33. The van der Waals surface area contributed by atoms with Crippen molar-refractivity contribution in [1.82, 2.24) is 15.4 Å². The first-order chi connectivity index (χ1) is 16.7. The number of ether oxygens (including phenoxy) is 2. The normalized spacial score (nSPS) is 22.4. The number of nitrogens with one attached hydrogen (secondary N) is 1. The highest BCUT2D eigenvalue weighted by atomic mass is 19.4. The summed E-state index contributed by atoms with van der Waals surface area (Å²) in [6.45, 7) is 2.79. The van der Waals surface area contributed by atoms with Gasteiger partial charge in [-0.15, -0.1) is 0 Å². The Morgan fingerprint density at radius 2 is 1.97 bits per heavy atom. The van der Waals surface area contributed by atoms with Crippen molar-refractivity contribution in [3.63, 3.8) is 0 Å². The van der Waals surface area contributed by atoms with Crippen molar-refractivity contribution in [3.05, 3.63) is 64.7 Å². The third kappa shape index (κ3) is 4.77. The average molecular weight is 490 g/mol. The highest BCUT2D eigenvalue weighted by Gasteiger charge is 2.38. The molecule has 3 N–H and O–H groups in total. The van der Waals surface area contributed by atoms with Gasteiger partial charge >= 0.3 is 6.18 Å². The standard InChI is InChI=1S/C23H22F4N6O2/c1-12-8-14(9-17(29-12)23(25,26)27)19-20(13-2-4-15(24)5-3-13)31-22(28)33-21(19)30-18(32-33)11-35-16-6-7-34-10-16/h2-5,8-9,16,18,32H,6-7,10-11H2,1H3,(H2,28,31). The van der Waals surface area contributed by atoms with E-state index >= 15 is 0 Å². The van der Waals surface area contributed by atoms with Gasteiger partial charge in [0.2, 0.25) is 5.96 Å². The molecule has 0 spiro atoms. The number of aliphatic imine (C=N–C) groups is 2. The lowest BCUT2D eigenvalue weighted by atomic mass is 9.96. The maximum atomic E-state index is 13.6. The number of guanidine groups is 1. The maximum absolute atomic E-state index is 13.6. The molecule has 184 valence electrons. The van der Waals surface area contributed by atoms with Crippen molar-refractivity contribution < 1.29 is 27.0 Å². The van der Waals surface area contributed by atoms with Gasteiger partial charge in [-0.05, 0) is 55.3 Å². The topological polar surface area (TPSA) is 97.4 Å². The first-order valence-electron chi connectivity index (χ1n) is 10.9. The monoisotopic (exact) mass is 490 g/mol. The van der Waals surface area contributed by atoms with Crippen LogP contribution in [0.4, 0.5) is 17.6 Å². The third-order valence-electron chi connectivity index (χ3n) is 5.71. The number of rotatable bonds is 5. The fourth-order valence-corrected chi connectivity index (χ4v) is 4.11. The predicted molar refractivity (Wildman–Crippen MR) is 120 cm³/mol. The van der Waals surface area contributed by atoms with Crippen molar-refractivity contribution in [2.24, 2.45) is 15.7 Å². The summed E-state index contributed by atoms with van der Waals surface area (Å²) in [7, 11) is 0. The molecule has 5 rings (SSSR count). The molecule has 35 heavy (non-hydrogen) atoms. The number of amidine groups is 1. The molecule has 8 nitrogen and oxygen atoms in total. The molecule has 1 aromatic heterocycles. The van der Waals surface area contributed by atoms with Crippen LogP contribution in [-0.4, -0.2) is 53.9 Å². The number of halogens is 4. The van der Waals surface area contributed by atoms with Gasteiger partial charge in [-0.1, -0.05) is 0 Å². The number of aryl methyl sites for hydroxylation is 1. The van der Waals surface area contributed by atoms with Crippen LogP contribution in [0.3, 0.4) is 0 Å². The largest absolute Gasteiger partial charge is 0.433 e. The fourth-order valence-electron chi connectivity index (χ4n) is 4.11. The van der Waals surface area contributed by atoms with Crippen LogP contribution in [0.15, 0.2) is 46.4 Å². The number of hydrazine groups is 1. The van der Waals surface area contributed by atoms with Crippen LogP contribution in [0, 0.1) is 12.7 Å². The molecule has 0 bridgehead atoms. The van der Waals surface area contributed by atoms with E-state index in [1.165, 1.54) is 42.3 Å². The molecule has 0 saturated carbocycles. The van der Waals surface area contributed by atoms with E-state index < -0.39 is 23.9 Å². The first kappa shape index (κ1) is 23.4. The van der Waals surface area contributed by atoms with E-state index in [4.69, 9.17) is 15.2 Å². The number of alkyl halides is 3. The molecule has 2 atom stereocenters. The summed E-state index contributed by atoms with van der Waals surface area (Å²) in [6.07, 6.45) is -4.48. The quantitative estimate of drug-likeness (QED) is 0.626. The van der Waals surface area contributed by atoms with Crippen LogP contribution in [0.1, 0.15) is 28.9 Å². The van der Waals surface area contributed by atoms with Gasteiger partial charge < -0.3 is 15.2 Å². The molecule has 0 aliphatic carbocycles. The summed E-state index contributed by atoms with van der Waals surface area (Å²) in [4.78, 5) is 12.8. The minimum absolute atomic E-state index is 0.0420. The van der Waals surface area contributed by atoms with Gasteiger partial charge in [-0.3, -0.25) is 0 Å². The van der Waals surface area contributed by atoms with Gasteiger partial charge in [-0.2, -0.15) is 18.6 Å². The van der Waals surface area contributed by atoms with Crippen LogP contribution in [-0.2, 0) is 15.7 Å². The maximum Gasteiger partial charge on any atom is 0.433 e. The number of nitrogens with zero attached hydrogens (tertiary/aromatic N) is 4. The molecular formula is C23H22F4N6O2. The van der Waals surface area contributed by atoms with E-state index in [2.05, 4.69) is 20.4 Å². The van der Waals surface area contributed by atoms with Crippen LogP contribution in [0.25, 0.3) is 11.3 Å². The van der Waals surface area contributed by atoms with E-state index in [1.54, 1.807) is 0 Å². The zero-order valence-electron chi connectivity index (χ0n) is 18.6. The Morgan fingerprint density at radius 1 is 1.20 bits per heavy atom. The molecule has 4 heterocycles. The van der Waals surface area contributed by atoms with Gasteiger partial charge in [0, 0.05) is 17.9 Å². The molecule has 12 heteroatoms. The van der Waals surface area contributed by atoms with Crippen LogP contribution in [0.5, 0.6) is 0 Å². The summed E-state index contributed by atoms with van der Waals surface area (Å²) in [6, 6.07) is 7.92. The molecule has 2 aromatic rings. The lowest BCUT2D eigenvalue weighted by Crippen LogP contribution is -2.51. The molecule has 2 unspecified atom stereocenters. The first-order valence-corrected chi connectivity index (χ1v) is 10.9. The highest BCUT2D eigenvalue weighted by molar-refractivity contribution is 6.35. The lowest BCUT2D eigenvalue weighted by molar-refractivity contribution is -0.141. The smallest absolute Gasteiger partial charge is 0.379 e.